The third kappa shape index (κ3) is 4.84. The molecule has 1 aromatic rings. The van der Waals surface area contributed by atoms with Gasteiger partial charge in [0.05, 0.1) is 36.3 Å². The Hall–Kier alpha value is -2.38. The van der Waals surface area contributed by atoms with Gasteiger partial charge in [-0.15, -0.1) is 0 Å². The Labute approximate surface area is 179 Å². The number of H-pyrrole nitrogens is 1. The highest BCUT2D eigenvalue weighted by Gasteiger charge is 2.29. The van der Waals surface area contributed by atoms with Crippen LogP contribution in [-0.2, 0) is 4.74 Å². The molecule has 5 N–H and O–H groups in total. The first-order chi connectivity index (χ1) is 14.5. The zero-order valence-corrected chi connectivity index (χ0v) is 18.6. The molecule has 0 bridgehead atoms. The fourth-order valence-corrected chi connectivity index (χ4v) is 4.29. The molecule has 0 radical (unpaired) electrons. The van der Waals surface area contributed by atoms with Crippen molar-refractivity contribution in [2.45, 2.75) is 58.7 Å². The first-order valence-corrected chi connectivity index (χ1v) is 11.0. The van der Waals surface area contributed by atoms with Gasteiger partial charge in [0, 0.05) is 42.5 Å². The van der Waals surface area contributed by atoms with Crippen molar-refractivity contribution in [3.63, 3.8) is 0 Å². The Bertz CT molecular complexity index is 823. The summed E-state index contributed by atoms with van der Waals surface area (Å²) in [6, 6.07) is -0.185. The highest BCUT2D eigenvalue weighted by atomic mass is 16.5. The van der Waals surface area contributed by atoms with Crippen LogP contribution in [0.15, 0.2) is 41.4 Å². The molecule has 0 aromatic carbocycles. The molecule has 0 spiro atoms. The summed E-state index contributed by atoms with van der Waals surface area (Å²) in [6.45, 7) is 10.8. The first kappa shape index (κ1) is 22.3. The van der Waals surface area contributed by atoms with Gasteiger partial charge in [-0.05, 0) is 44.9 Å². The van der Waals surface area contributed by atoms with Crippen molar-refractivity contribution in [1.82, 2.24) is 20.4 Å². The van der Waals surface area contributed by atoms with Gasteiger partial charge in [-0.1, -0.05) is 19.4 Å². The van der Waals surface area contributed by atoms with Crippen LogP contribution in [0, 0.1) is 18.3 Å². The zero-order chi connectivity index (χ0) is 21.7. The summed E-state index contributed by atoms with van der Waals surface area (Å²) in [6.07, 6.45) is 12.0. The smallest absolute Gasteiger partial charge is 0.0761 e. The molecule has 30 heavy (non-hydrogen) atoms. The SMILES string of the molecule is C/C=C(\CCC)C(NC1=CC(C=N)C(N)C=C1N1CCO[C@@H](C)C1)c1cn[nH]c1C. The quantitative estimate of drug-likeness (QED) is 0.388. The molecule has 2 aliphatic rings. The average molecular weight is 413 g/mol. The number of hydrogen-bond acceptors (Lipinski definition) is 6. The zero-order valence-electron chi connectivity index (χ0n) is 18.6. The molecule has 7 heteroatoms. The van der Waals surface area contributed by atoms with Crippen LogP contribution in [0.1, 0.15) is 50.9 Å². The Morgan fingerprint density at radius 1 is 1.50 bits per heavy atom. The van der Waals surface area contributed by atoms with Crippen molar-refractivity contribution in [1.29, 1.82) is 5.41 Å². The van der Waals surface area contributed by atoms with E-state index in [0.29, 0.717) is 6.61 Å². The van der Waals surface area contributed by atoms with Gasteiger partial charge in [-0.25, -0.2) is 0 Å². The minimum atomic E-state index is -0.202. The summed E-state index contributed by atoms with van der Waals surface area (Å²) in [7, 11) is 0. The number of allylic oxidation sites excluding steroid dienone is 1. The van der Waals surface area contributed by atoms with E-state index in [-0.39, 0.29) is 24.1 Å². The molecule has 3 rings (SSSR count). The lowest BCUT2D eigenvalue weighted by atomic mass is 9.90. The maximum absolute atomic E-state index is 7.84. The Balaban J connectivity index is 1.97. The van der Waals surface area contributed by atoms with Crippen molar-refractivity contribution in [3.8, 4) is 0 Å². The minimum absolute atomic E-state index is 0.0162. The van der Waals surface area contributed by atoms with Crippen molar-refractivity contribution < 1.29 is 4.74 Å². The van der Waals surface area contributed by atoms with E-state index in [1.807, 2.05) is 6.20 Å². The summed E-state index contributed by atoms with van der Waals surface area (Å²) in [5.41, 5.74) is 12.1. The molecular formula is C23H36N6O. The Morgan fingerprint density at radius 2 is 2.30 bits per heavy atom. The minimum Gasteiger partial charge on any atom is -0.375 e. The number of nitrogens with one attached hydrogen (secondary N) is 3. The molecule has 7 nitrogen and oxygen atoms in total. The molecule has 1 aliphatic carbocycles. The van der Waals surface area contributed by atoms with E-state index in [0.717, 1.165) is 48.6 Å². The number of nitrogens with zero attached hydrogens (tertiary/aromatic N) is 2. The van der Waals surface area contributed by atoms with Gasteiger partial charge in [-0.3, -0.25) is 5.10 Å². The highest BCUT2D eigenvalue weighted by molar-refractivity contribution is 5.64. The number of hydrogen-bond donors (Lipinski definition) is 4. The number of ether oxygens (including phenoxy) is 1. The average Bonchev–Trinajstić information content (AvgIpc) is 3.16. The van der Waals surface area contributed by atoms with Gasteiger partial charge in [0.1, 0.15) is 0 Å². The molecule has 0 amide bonds. The number of nitrogens with two attached hydrogens (primary N) is 1. The standard InChI is InChI=1S/C23H36N6O/c1-5-7-17(6-2)23(19-13-26-28-16(19)4)27-21-10-18(12-24)20(25)11-22(21)29-8-9-30-15(3)14-29/h6,10-13,15,18,20,23-24,27H,5,7-9,14,25H2,1-4H3,(H,26,28)/b17-6+,24-12?/t15-,18?,20?,23?/m0/s1. The largest absolute Gasteiger partial charge is 0.375 e. The van der Waals surface area contributed by atoms with E-state index < -0.39 is 0 Å². The predicted molar refractivity (Wildman–Crippen MR) is 121 cm³/mol. The lowest BCUT2D eigenvalue weighted by molar-refractivity contribution is -0.00557. The van der Waals surface area contributed by atoms with Gasteiger partial charge in [0.2, 0.25) is 0 Å². The molecule has 3 unspecified atom stereocenters. The molecular weight excluding hydrogens is 376 g/mol. The lowest BCUT2D eigenvalue weighted by Gasteiger charge is -2.39. The molecule has 2 heterocycles. The molecule has 1 aromatic heterocycles. The van der Waals surface area contributed by atoms with Crippen molar-refractivity contribution in [2.75, 3.05) is 19.7 Å². The summed E-state index contributed by atoms with van der Waals surface area (Å²) in [5, 5.41) is 19.0. The molecule has 0 saturated carbocycles. The van der Waals surface area contributed by atoms with Crippen molar-refractivity contribution in [2.24, 2.45) is 11.7 Å². The van der Waals surface area contributed by atoms with Crippen LogP contribution in [0.4, 0.5) is 0 Å². The topological polar surface area (TPSA) is 103 Å². The van der Waals surface area contributed by atoms with Gasteiger partial charge in [0.15, 0.2) is 0 Å². The molecule has 164 valence electrons. The van der Waals surface area contributed by atoms with Crippen LogP contribution in [0.5, 0.6) is 0 Å². The van der Waals surface area contributed by atoms with Crippen LogP contribution in [0.3, 0.4) is 0 Å². The number of aromatic amines is 1. The van der Waals surface area contributed by atoms with E-state index in [9.17, 15) is 0 Å². The second-order valence-corrected chi connectivity index (χ2v) is 8.22. The number of aromatic nitrogens is 2. The van der Waals surface area contributed by atoms with Crippen LogP contribution < -0.4 is 11.1 Å². The van der Waals surface area contributed by atoms with Crippen LogP contribution >= 0.6 is 0 Å². The van der Waals surface area contributed by atoms with Crippen LogP contribution in [-0.4, -0.2) is 53.2 Å². The van der Waals surface area contributed by atoms with Crippen LogP contribution in [0.2, 0.25) is 0 Å². The Morgan fingerprint density at radius 3 is 2.90 bits per heavy atom. The van der Waals surface area contributed by atoms with E-state index in [4.69, 9.17) is 15.9 Å². The van der Waals surface area contributed by atoms with E-state index in [2.05, 4.69) is 66.3 Å². The number of morpholine rings is 1. The molecule has 1 aliphatic heterocycles. The normalized spacial score (nSPS) is 26.1. The highest BCUT2D eigenvalue weighted by Crippen LogP contribution is 2.32. The van der Waals surface area contributed by atoms with Crippen molar-refractivity contribution >= 4 is 6.21 Å². The number of aryl methyl sites for hydroxylation is 1. The van der Waals surface area contributed by atoms with Crippen molar-refractivity contribution in [3.05, 3.63) is 52.6 Å². The van der Waals surface area contributed by atoms with E-state index >= 15 is 0 Å². The summed E-state index contributed by atoms with van der Waals surface area (Å²) < 4.78 is 5.75. The van der Waals surface area contributed by atoms with Crippen LogP contribution in [0.25, 0.3) is 0 Å². The summed E-state index contributed by atoms with van der Waals surface area (Å²) in [4.78, 5) is 2.35. The fourth-order valence-electron chi connectivity index (χ4n) is 4.29. The number of rotatable bonds is 8. The summed E-state index contributed by atoms with van der Waals surface area (Å²) >= 11 is 0. The van der Waals surface area contributed by atoms with E-state index in [1.165, 1.54) is 11.8 Å². The maximum Gasteiger partial charge on any atom is 0.0761 e. The van der Waals surface area contributed by atoms with Gasteiger partial charge < -0.3 is 26.1 Å². The second-order valence-electron chi connectivity index (χ2n) is 8.22. The fraction of sp³-hybridized carbons (Fsp3) is 0.565. The third-order valence-corrected chi connectivity index (χ3v) is 5.96. The lowest BCUT2D eigenvalue weighted by Crippen LogP contribution is -2.45. The maximum atomic E-state index is 7.84. The van der Waals surface area contributed by atoms with Gasteiger partial charge >= 0.3 is 0 Å². The monoisotopic (exact) mass is 412 g/mol. The molecule has 1 fully saturated rings. The second kappa shape index (κ2) is 10.1. The molecule has 4 atom stereocenters. The summed E-state index contributed by atoms with van der Waals surface area (Å²) in [5.74, 6) is -0.124. The van der Waals surface area contributed by atoms with Gasteiger partial charge in [0.25, 0.3) is 0 Å². The Kier molecular flexibility index (Phi) is 7.50. The first-order valence-electron chi connectivity index (χ1n) is 11.0. The third-order valence-electron chi connectivity index (χ3n) is 5.96. The molecule has 1 saturated heterocycles. The predicted octanol–water partition coefficient (Wildman–Crippen LogP) is 3.19. The van der Waals surface area contributed by atoms with Gasteiger partial charge in [-0.2, -0.15) is 5.10 Å². The van der Waals surface area contributed by atoms with E-state index in [1.54, 1.807) is 0 Å².